The van der Waals surface area contributed by atoms with Gasteiger partial charge in [0.25, 0.3) is 0 Å². The smallest absolute Gasteiger partial charge is 0.112 e. The van der Waals surface area contributed by atoms with Crippen molar-refractivity contribution in [3.05, 3.63) is 10.4 Å². The average Bonchev–Trinajstić information content (AvgIpc) is 1.59. The van der Waals surface area contributed by atoms with Crippen molar-refractivity contribution in [2.24, 2.45) is 5.28 Å². The van der Waals surface area contributed by atoms with E-state index in [2.05, 4.69) is 15.0 Å². The summed E-state index contributed by atoms with van der Waals surface area (Å²) in [7, 11) is 0. The first-order valence-electron chi connectivity index (χ1n) is 2.29. The molecule has 8 heavy (non-hydrogen) atoms. The van der Waals surface area contributed by atoms with E-state index < -0.39 is 0 Å². The van der Waals surface area contributed by atoms with Crippen LogP contribution in [0, 0.1) is 0 Å². The van der Waals surface area contributed by atoms with Gasteiger partial charge in [-0.15, -0.1) is 0 Å². The first kappa shape index (κ1) is 7.11. The van der Waals surface area contributed by atoms with Crippen molar-refractivity contribution in [2.75, 3.05) is 0 Å². The molecular formula is C4H9N3O. The molecule has 0 spiro atoms. The van der Waals surface area contributed by atoms with E-state index in [-0.39, 0.29) is 5.60 Å². The fraction of sp³-hybridized carbons (Fsp3) is 1.00. The molecule has 0 atom stereocenters. The summed E-state index contributed by atoms with van der Waals surface area (Å²) in [6.45, 7) is 5.42. The summed E-state index contributed by atoms with van der Waals surface area (Å²) in [4.78, 5) is 7.01. The Morgan fingerprint density at radius 1 is 1.50 bits per heavy atom. The highest BCUT2D eigenvalue weighted by Gasteiger charge is 2.07. The topological polar surface area (TPSA) is 58.0 Å². The standard InChI is InChI=1S/C4H9N3O/c1-4(2,3)8-7-6-5/h1-3H3. The second kappa shape index (κ2) is 2.43. The normalized spacial score (nSPS) is 9.88. The molecule has 0 saturated carbocycles. The lowest BCUT2D eigenvalue weighted by atomic mass is 10.2. The number of nitrogens with zero attached hydrogens (tertiary/aromatic N) is 3. The van der Waals surface area contributed by atoms with Crippen molar-refractivity contribution in [2.45, 2.75) is 26.4 Å². The summed E-state index contributed by atoms with van der Waals surface area (Å²) < 4.78 is 0. The lowest BCUT2D eigenvalue weighted by molar-refractivity contribution is -0.00307. The maximum atomic E-state index is 7.76. The zero-order chi connectivity index (χ0) is 6.62. The summed E-state index contributed by atoms with van der Waals surface area (Å²) >= 11 is 0. The highest BCUT2D eigenvalue weighted by molar-refractivity contribution is 4.56. The minimum absolute atomic E-state index is 0.369. The van der Waals surface area contributed by atoms with Crippen LogP contribution in [0.25, 0.3) is 10.4 Å². The summed E-state index contributed by atoms with van der Waals surface area (Å²) in [5.74, 6) is 0. The monoisotopic (exact) mass is 115 g/mol. The van der Waals surface area contributed by atoms with Gasteiger partial charge in [0.05, 0.1) is 0 Å². The van der Waals surface area contributed by atoms with Crippen molar-refractivity contribution in [1.82, 2.24) is 0 Å². The molecule has 0 saturated heterocycles. The Kier molecular flexibility index (Phi) is 2.16. The lowest BCUT2D eigenvalue weighted by Crippen LogP contribution is -2.14. The Hall–Kier alpha value is -0.890. The van der Waals surface area contributed by atoms with E-state index in [4.69, 9.17) is 5.53 Å². The highest BCUT2D eigenvalue weighted by atomic mass is 16.7. The Labute approximate surface area is 48.0 Å². The van der Waals surface area contributed by atoms with E-state index in [0.717, 1.165) is 0 Å². The van der Waals surface area contributed by atoms with Gasteiger partial charge in [0, 0.05) is 4.91 Å². The molecule has 0 aliphatic rings. The molecule has 0 aromatic carbocycles. The van der Waals surface area contributed by atoms with Gasteiger partial charge in [0.1, 0.15) is 10.9 Å². The Morgan fingerprint density at radius 3 is 2.12 bits per heavy atom. The number of hydrogen-bond acceptors (Lipinski definition) is 2. The minimum Gasteiger partial charge on any atom is -0.428 e. The molecule has 4 heteroatoms. The number of hydrogen-bond donors (Lipinski definition) is 0. The molecule has 0 aliphatic heterocycles. The van der Waals surface area contributed by atoms with E-state index in [1.165, 1.54) is 0 Å². The number of azide groups is 1. The molecule has 0 aromatic heterocycles. The first-order chi connectivity index (χ1) is 3.56. The van der Waals surface area contributed by atoms with Crippen LogP contribution < -0.4 is 0 Å². The zero-order valence-corrected chi connectivity index (χ0v) is 5.25. The quantitative estimate of drug-likeness (QED) is 0.223. The molecule has 4 nitrogen and oxygen atoms in total. The SMILES string of the molecule is CC(C)(C)ON=[N+]=[N-]. The summed E-state index contributed by atoms with van der Waals surface area (Å²) in [6.07, 6.45) is 0. The van der Waals surface area contributed by atoms with E-state index in [9.17, 15) is 0 Å². The average molecular weight is 115 g/mol. The lowest BCUT2D eigenvalue weighted by Gasteiger charge is -2.14. The maximum Gasteiger partial charge on any atom is 0.112 e. The van der Waals surface area contributed by atoms with E-state index in [1.54, 1.807) is 0 Å². The van der Waals surface area contributed by atoms with Crippen LogP contribution in [0.3, 0.4) is 0 Å². The minimum atomic E-state index is -0.369. The van der Waals surface area contributed by atoms with Crippen LogP contribution in [0.5, 0.6) is 0 Å². The van der Waals surface area contributed by atoms with E-state index in [1.807, 2.05) is 20.8 Å². The highest BCUT2D eigenvalue weighted by Crippen LogP contribution is 2.05. The van der Waals surface area contributed by atoms with E-state index >= 15 is 0 Å². The van der Waals surface area contributed by atoms with Gasteiger partial charge in [-0.25, -0.2) is 0 Å². The van der Waals surface area contributed by atoms with E-state index in [0.29, 0.717) is 0 Å². The van der Waals surface area contributed by atoms with Crippen LogP contribution in [-0.4, -0.2) is 5.60 Å². The van der Waals surface area contributed by atoms with Crippen molar-refractivity contribution in [1.29, 1.82) is 0 Å². The molecule has 0 aromatic rings. The first-order valence-corrected chi connectivity index (χ1v) is 2.29. The van der Waals surface area contributed by atoms with Gasteiger partial charge in [-0.1, -0.05) is 0 Å². The Morgan fingerprint density at radius 2 is 2.00 bits per heavy atom. The van der Waals surface area contributed by atoms with Crippen LogP contribution >= 0.6 is 0 Å². The van der Waals surface area contributed by atoms with Crippen molar-refractivity contribution in [3.8, 4) is 0 Å². The summed E-state index contributed by atoms with van der Waals surface area (Å²) in [6, 6.07) is 0. The molecule has 0 rings (SSSR count). The van der Waals surface area contributed by atoms with Gasteiger partial charge in [0.15, 0.2) is 0 Å². The van der Waals surface area contributed by atoms with Gasteiger partial charge in [-0.3, -0.25) is 0 Å². The molecule has 46 valence electrons. The Bertz CT molecular complexity index is 109. The van der Waals surface area contributed by atoms with Gasteiger partial charge in [-0.2, -0.15) is 0 Å². The second-order valence-electron chi connectivity index (χ2n) is 2.37. The van der Waals surface area contributed by atoms with Gasteiger partial charge in [0.2, 0.25) is 0 Å². The van der Waals surface area contributed by atoms with Crippen LogP contribution in [0.15, 0.2) is 5.28 Å². The predicted molar refractivity (Wildman–Crippen MR) is 30.0 cm³/mol. The van der Waals surface area contributed by atoms with Crippen LogP contribution in [0.2, 0.25) is 0 Å². The number of rotatable bonds is 1. The predicted octanol–water partition coefficient (Wildman–Crippen LogP) is 2.03. The molecule has 0 unspecified atom stereocenters. The third-order valence-corrected chi connectivity index (χ3v) is 0.351. The van der Waals surface area contributed by atoms with Crippen LogP contribution in [0.4, 0.5) is 0 Å². The van der Waals surface area contributed by atoms with Gasteiger partial charge >= 0.3 is 0 Å². The summed E-state index contributed by atoms with van der Waals surface area (Å²) in [5.41, 5.74) is 7.39. The fourth-order valence-corrected chi connectivity index (χ4v) is 0.141. The molecule has 0 aliphatic carbocycles. The maximum absolute atomic E-state index is 7.76. The fourth-order valence-electron chi connectivity index (χ4n) is 0.141. The largest absolute Gasteiger partial charge is 0.428 e. The van der Waals surface area contributed by atoms with Crippen LogP contribution in [-0.2, 0) is 4.84 Å². The van der Waals surface area contributed by atoms with Crippen molar-refractivity contribution >= 4 is 0 Å². The van der Waals surface area contributed by atoms with Crippen LogP contribution in [0.1, 0.15) is 20.8 Å². The molecule has 0 radical (unpaired) electrons. The zero-order valence-electron chi connectivity index (χ0n) is 5.25. The summed E-state index contributed by atoms with van der Waals surface area (Å²) in [5, 5.41) is 2.92. The molecule has 0 N–H and O–H groups in total. The van der Waals surface area contributed by atoms with Crippen molar-refractivity contribution in [3.63, 3.8) is 0 Å². The third-order valence-electron chi connectivity index (χ3n) is 0.351. The molecule has 0 amide bonds. The Balaban J connectivity index is 3.55. The molecule has 0 fully saturated rings. The second-order valence-corrected chi connectivity index (χ2v) is 2.37. The molecule has 0 heterocycles. The molecule has 0 bridgehead atoms. The van der Waals surface area contributed by atoms with Crippen molar-refractivity contribution < 1.29 is 4.84 Å². The molecular weight excluding hydrogens is 106 g/mol. The van der Waals surface area contributed by atoms with Gasteiger partial charge < -0.3 is 4.84 Å². The third kappa shape index (κ3) is 5.11. The van der Waals surface area contributed by atoms with Gasteiger partial charge in [-0.05, 0) is 26.3 Å².